The second-order valence-corrected chi connectivity index (χ2v) is 8.34. The molecule has 1 heterocycles. The smallest absolute Gasteiger partial charge is 0.158 e. The van der Waals surface area contributed by atoms with E-state index in [1.54, 1.807) is 0 Å². The zero-order chi connectivity index (χ0) is 16.2. The summed E-state index contributed by atoms with van der Waals surface area (Å²) in [5.41, 5.74) is 0. The van der Waals surface area contributed by atoms with Crippen LogP contribution in [0.1, 0.15) is 71.1 Å². The van der Waals surface area contributed by atoms with Gasteiger partial charge in [-0.15, -0.1) is 0 Å². The average Bonchev–Trinajstić information content (AvgIpc) is 2.61. The Morgan fingerprint density at radius 3 is 1.70 bits per heavy atom. The molecule has 3 rings (SSSR count). The average molecular weight is 326 g/mol. The minimum Gasteiger partial charge on any atom is -0.429 e. The van der Waals surface area contributed by atoms with E-state index >= 15 is 0 Å². The van der Waals surface area contributed by atoms with Crippen molar-refractivity contribution in [2.75, 3.05) is 14.2 Å². The highest BCUT2D eigenvalue weighted by molar-refractivity contribution is 4.87. The molecule has 2 saturated carbocycles. The van der Waals surface area contributed by atoms with Crippen molar-refractivity contribution < 1.29 is 14.2 Å². The topological polar surface area (TPSA) is 31.3 Å². The quantitative estimate of drug-likeness (QED) is 0.729. The third-order valence-corrected chi connectivity index (χ3v) is 6.95. The fourth-order valence-corrected chi connectivity index (χ4v) is 5.50. The van der Waals surface area contributed by atoms with Crippen LogP contribution >= 0.6 is 0 Å². The van der Waals surface area contributed by atoms with Crippen LogP contribution in [0.3, 0.4) is 0 Å². The summed E-state index contributed by atoms with van der Waals surface area (Å²) in [6.07, 6.45) is 15.3. The second-order valence-electron chi connectivity index (χ2n) is 8.34. The molecule has 23 heavy (non-hydrogen) atoms. The molecule has 0 radical (unpaired) electrons. The maximum absolute atomic E-state index is 5.55. The maximum atomic E-state index is 5.55. The molecular formula is C20H37O3+. The second kappa shape index (κ2) is 8.31. The van der Waals surface area contributed by atoms with Gasteiger partial charge in [0.05, 0.1) is 12.2 Å². The van der Waals surface area contributed by atoms with E-state index in [4.69, 9.17) is 14.2 Å². The van der Waals surface area contributed by atoms with E-state index < -0.39 is 0 Å². The summed E-state index contributed by atoms with van der Waals surface area (Å²) in [4.78, 5) is 0. The fourth-order valence-electron chi connectivity index (χ4n) is 5.50. The summed E-state index contributed by atoms with van der Waals surface area (Å²) in [6, 6.07) is 0. The zero-order valence-electron chi connectivity index (χ0n) is 15.4. The molecule has 1 N–H and O–H groups in total. The van der Waals surface area contributed by atoms with Crippen molar-refractivity contribution in [3.05, 3.63) is 0 Å². The highest BCUT2D eigenvalue weighted by Crippen LogP contribution is 2.42. The van der Waals surface area contributed by atoms with Crippen LogP contribution in [0.5, 0.6) is 0 Å². The normalized spacial score (nSPS) is 45.8. The predicted molar refractivity (Wildman–Crippen MR) is 93.7 cm³/mol. The molecule has 1 aliphatic heterocycles. The minimum atomic E-state index is 0.507. The van der Waals surface area contributed by atoms with Crippen LogP contribution < -0.4 is 0 Å². The molecule has 0 amide bonds. The van der Waals surface area contributed by atoms with Crippen molar-refractivity contribution in [2.45, 2.75) is 95.5 Å². The summed E-state index contributed by atoms with van der Waals surface area (Å²) < 4.78 is 16.3. The first kappa shape index (κ1) is 17.7. The predicted octanol–water partition coefficient (Wildman–Crippen LogP) is 4.09. The lowest BCUT2D eigenvalue weighted by atomic mass is 9.71. The summed E-state index contributed by atoms with van der Waals surface area (Å²) in [5.74, 6) is 2.66. The van der Waals surface area contributed by atoms with Crippen molar-refractivity contribution in [2.24, 2.45) is 17.8 Å². The number of rotatable bonds is 4. The molecule has 3 unspecified atom stereocenters. The molecule has 3 aliphatic rings. The number of ether oxygens (including phenoxy) is 3. The van der Waals surface area contributed by atoms with Gasteiger partial charge in [-0.1, -0.05) is 0 Å². The van der Waals surface area contributed by atoms with Gasteiger partial charge in [0.2, 0.25) is 0 Å². The van der Waals surface area contributed by atoms with E-state index in [0.717, 1.165) is 17.8 Å². The summed E-state index contributed by atoms with van der Waals surface area (Å²) in [5, 5.41) is 0. The van der Waals surface area contributed by atoms with Gasteiger partial charge in [0.15, 0.2) is 12.2 Å². The lowest BCUT2D eigenvalue weighted by molar-refractivity contribution is -0.223. The largest absolute Gasteiger partial charge is 0.429 e. The van der Waals surface area contributed by atoms with Gasteiger partial charge in [0.1, 0.15) is 0 Å². The third kappa shape index (κ3) is 4.49. The van der Waals surface area contributed by atoms with E-state index in [0.29, 0.717) is 24.4 Å². The summed E-state index contributed by atoms with van der Waals surface area (Å²) >= 11 is 0. The molecule has 0 spiro atoms. The third-order valence-electron chi connectivity index (χ3n) is 6.95. The Morgan fingerprint density at radius 1 is 0.652 bits per heavy atom. The molecule has 0 aromatic heterocycles. The zero-order valence-corrected chi connectivity index (χ0v) is 15.4. The van der Waals surface area contributed by atoms with Crippen LogP contribution in [-0.4, -0.2) is 43.4 Å². The minimum absolute atomic E-state index is 0.507. The van der Waals surface area contributed by atoms with E-state index in [1.165, 1.54) is 64.2 Å². The number of methoxy groups -OCH3 is 2. The lowest BCUT2D eigenvalue weighted by Gasteiger charge is -2.41. The molecule has 1 saturated heterocycles. The Kier molecular flexibility index (Phi) is 6.39. The van der Waals surface area contributed by atoms with Gasteiger partial charge in [0.25, 0.3) is 0 Å². The highest BCUT2D eigenvalue weighted by atomic mass is 16.5. The first-order valence-electron chi connectivity index (χ1n) is 9.95. The molecule has 134 valence electrons. The molecule has 0 aromatic rings. The standard InChI is InChI=1S/C20H36O3/c1-14-12-17(15-4-8-18(21-2)9-5-15)13-20(23-14)16-6-10-19(22-3)11-7-16/h14-20H,4-13H2,1-3H3/p+1. The van der Waals surface area contributed by atoms with Crippen molar-refractivity contribution in [3.8, 4) is 0 Å². The van der Waals surface area contributed by atoms with Crippen LogP contribution in [-0.2, 0) is 9.47 Å². The van der Waals surface area contributed by atoms with Gasteiger partial charge in [0, 0.05) is 39.9 Å². The molecule has 3 atom stereocenters. The monoisotopic (exact) mass is 325 g/mol. The summed E-state index contributed by atoms with van der Waals surface area (Å²) in [7, 11) is 3.74. The van der Waals surface area contributed by atoms with Crippen LogP contribution in [0.25, 0.3) is 0 Å². The van der Waals surface area contributed by atoms with Crippen LogP contribution in [0.4, 0.5) is 0 Å². The van der Waals surface area contributed by atoms with Gasteiger partial charge in [-0.25, -0.2) is 0 Å². The Hall–Kier alpha value is -0.120. The van der Waals surface area contributed by atoms with Crippen LogP contribution in [0.2, 0.25) is 0 Å². The van der Waals surface area contributed by atoms with Crippen molar-refractivity contribution in [1.29, 1.82) is 0 Å². The van der Waals surface area contributed by atoms with Gasteiger partial charge in [-0.2, -0.15) is 0 Å². The molecule has 3 nitrogen and oxygen atoms in total. The highest BCUT2D eigenvalue weighted by Gasteiger charge is 2.41. The van der Waals surface area contributed by atoms with Gasteiger partial charge in [-0.05, 0) is 63.2 Å². The first-order valence-corrected chi connectivity index (χ1v) is 9.95. The molecule has 0 bridgehead atoms. The van der Waals surface area contributed by atoms with Crippen LogP contribution in [0, 0.1) is 17.8 Å². The first-order chi connectivity index (χ1) is 11.2. The summed E-state index contributed by atoms with van der Waals surface area (Å²) in [6.45, 7) is 2.35. The molecule has 3 heteroatoms. The number of hydrogen-bond donors (Lipinski definition) is 0. The Morgan fingerprint density at radius 2 is 1.17 bits per heavy atom. The van der Waals surface area contributed by atoms with E-state index in [9.17, 15) is 0 Å². The lowest BCUT2D eigenvalue weighted by Crippen LogP contribution is -2.43. The molecular weight excluding hydrogens is 288 g/mol. The van der Waals surface area contributed by atoms with E-state index in [1.807, 2.05) is 14.2 Å². The molecule has 0 aromatic carbocycles. The van der Waals surface area contributed by atoms with Crippen molar-refractivity contribution >= 4 is 0 Å². The fraction of sp³-hybridized carbons (Fsp3) is 1.00. The Bertz CT molecular complexity index is 311. The van der Waals surface area contributed by atoms with Crippen LogP contribution in [0.15, 0.2) is 0 Å². The van der Waals surface area contributed by atoms with Gasteiger partial charge >= 0.3 is 0 Å². The van der Waals surface area contributed by atoms with Gasteiger partial charge in [-0.3, -0.25) is 0 Å². The molecule has 3 fully saturated rings. The molecule has 2 aliphatic carbocycles. The number of aliphatic hydroxyl groups is 2. The van der Waals surface area contributed by atoms with Gasteiger partial charge < -0.3 is 14.2 Å². The Labute approximate surface area is 142 Å². The van der Waals surface area contributed by atoms with E-state index in [-0.39, 0.29) is 0 Å². The maximum Gasteiger partial charge on any atom is 0.158 e. The number of hydrogen-bond acceptors (Lipinski definition) is 2. The Balaban J connectivity index is 1.53. The SMILES string of the molecule is COC1CCC(C2CC(C)[OH+]C(C3CCC(OC)CC3)C2)CC1. The van der Waals surface area contributed by atoms with Crippen molar-refractivity contribution in [3.63, 3.8) is 0 Å². The van der Waals surface area contributed by atoms with Crippen molar-refractivity contribution in [1.82, 2.24) is 0 Å². The van der Waals surface area contributed by atoms with E-state index in [2.05, 4.69) is 6.92 Å².